The monoisotopic (exact) mass is 404 g/mol. The van der Waals surface area contributed by atoms with Crippen LogP contribution in [0.4, 0.5) is 0 Å². The van der Waals surface area contributed by atoms with Crippen LogP contribution in [0.25, 0.3) is 0 Å². The van der Waals surface area contributed by atoms with Gasteiger partial charge >= 0.3 is 0 Å². The third-order valence-corrected chi connectivity index (χ3v) is 5.85. The van der Waals surface area contributed by atoms with Gasteiger partial charge in [-0.1, -0.05) is 35.8 Å². The van der Waals surface area contributed by atoms with E-state index in [1.807, 2.05) is 6.07 Å². The van der Waals surface area contributed by atoms with Crippen LogP contribution in [0.3, 0.4) is 0 Å². The molecule has 1 unspecified atom stereocenters. The lowest BCUT2D eigenvalue weighted by Gasteiger charge is -2.33. The van der Waals surface area contributed by atoms with Crippen molar-refractivity contribution in [3.63, 3.8) is 0 Å². The number of benzene rings is 1. The van der Waals surface area contributed by atoms with E-state index in [9.17, 15) is 8.42 Å². The number of nitrogens with one attached hydrogen (secondary N) is 1. The first kappa shape index (κ1) is 18.9. The fraction of sp³-hybridized carbons (Fsp3) is 0.625. The van der Waals surface area contributed by atoms with Crippen LogP contribution in [0, 0.1) is 12.8 Å². The highest BCUT2D eigenvalue weighted by Gasteiger charge is 2.24. The van der Waals surface area contributed by atoms with Gasteiger partial charge in [-0.3, -0.25) is 4.90 Å². The van der Waals surface area contributed by atoms with E-state index in [0.717, 1.165) is 29.7 Å². The number of rotatable bonds is 6. The molecule has 130 valence electrons. The number of aryl methyl sites for hydroxylation is 1. The summed E-state index contributed by atoms with van der Waals surface area (Å²) < 4.78 is 34.1. The van der Waals surface area contributed by atoms with E-state index in [0.29, 0.717) is 24.0 Å². The lowest BCUT2D eigenvalue weighted by molar-refractivity contribution is -0.0280. The minimum atomic E-state index is -3.53. The summed E-state index contributed by atoms with van der Waals surface area (Å²) in [5.41, 5.74) is 0.728. The van der Waals surface area contributed by atoms with E-state index < -0.39 is 10.0 Å². The third kappa shape index (κ3) is 5.53. The minimum Gasteiger partial charge on any atom is -0.374 e. The Labute approximate surface area is 147 Å². The van der Waals surface area contributed by atoms with Gasteiger partial charge in [0.1, 0.15) is 0 Å². The van der Waals surface area contributed by atoms with Crippen LogP contribution in [0.1, 0.15) is 19.4 Å². The molecule has 7 heteroatoms. The Bertz CT molecular complexity index is 634. The SMILES string of the molecule is Cc1ccc(Br)cc1S(=O)(=O)NCC1CN(CC(C)C)CCO1. The fourth-order valence-electron chi connectivity index (χ4n) is 2.73. The molecule has 0 bridgehead atoms. The molecule has 23 heavy (non-hydrogen) atoms. The molecule has 1 heterocycles. The molecule has 1 fully saturated rings. The van der Waals surface area contributed by atoms with Gasteiger partial charge in [-0.2, -0.15) is 0 Å². The first-order chi connectivity index (χ1) is 10.8. The molecule has 1 aromatic rings. The summed E-state index contributed by atoms with van der Waals surface area (Å²) in [7, 11) is -3.53. The normalized spacial score (nSPS) is 20.1. The molecule has 0 radical (unpaired) electrons. The van der Waals surface area contributed by atoms with E-state index in [2.05, 4.69) is 39.4 Å². The minimum absolute atomic E-state index is 0.107. The van der Waals surface area contributed by atoms with Crippen molar-refractivity contribution in [1.82, 2.24) is 9.62 Å². The molecule has 1 atom stereocenters. The van der Waals surface area contributed by atoms with E-state index in [-0.39, 0.29) is 6.10 Å². The summed E-state index contributed by atoms with van der Waals surface area (Å²) in [5, 5.41) is 0. The van der Waals surface area contributed by atoms with Crippen molar-refractivity contribution < 1.29 is 13.2 Å². The predicted octanol–water partition coefficient (Wildman–Crippen LogP) is 2.39. The van der Waals surface area contributed by atoms with E-state index >= 15 is 0 Å². The first-order valence-corrected chi connectivity index (χ1v) is 10.2. The average Bonchev–Trinajstić information content (AvgIpc) is 2.47. The van der Waals surface area contributed by atoms with Gasteiger partial charge in [0, 0.05) is 30.7 Å². The molecule has 0 amide bonds. The van der Waals surface area contributed by atoms with Gasteiger partial charge in [-0.05, 0) is 30.5 Å². The summed E-state index contributed by atoms with van der Waals surface area (Å²) >= 11 is 3.32. The Kier molecular flexibility index (Phi) is 6.62. The molecular formula is C16H25BrN2O3S. The van der Waals surface area contributed by atoms with Crippen LogP contribution in [0.2, 0.25) is 0 Å². The van der Waals surface area contributed by atoms with Crippen molar-refractivity contribution in [1.29, 1.82) is 0 Å². The molecule has 0 spiro atoms. The summed E-state index contributed by atoms with van der Waals surface area (Å²) in [5.74, 6) is 0.592. The van der Waals surface area contributed by atoms with Crippen LogP contribution in [-0.4, -0.2) is 52.2 Å². The summed E-state index contributed by atoms with van der Waals surface area (Å²) in [6.07, 6.45) is -0.107. The first-order valence-electron chi connectivity index (χ1n) is 7.87. The van der Waals surface area contributed by atoms with Gasteiger partial charge < -0.3 is 4.74 Å². The van der Waals surface area contributed by atoms with Gasteiger partial charge in [-0.25, -0.2) is 13.1 Å². The zero-order valence-corrected chi connectivity index (χ0v) is 16.3. The van der Waals surface area contributed by atoms with E-state index in [1.165, 1.54) is 0 Å². The average molecular weight is 405 g/mol. The topological polar surface area (TPSA) is 58.6 Å². The second kappa shape index (κ2) is 8.07. The Balaban J connectivity index is 1.97. The molecule has 0 aromatic heterocycles. The van der Waals surface area contributed by atoms with Crippen LogP contribution in [0.15, 0.2) is 27.6 Å². The summed E-state index contributed by atoms with van der Waals surface area (Å²) in [4.78, 5) is 2.64. The maximum absolute atomic E-state index is 12.5. The van der Waals surface area contributed by atoms with Gasteiger partial charge in [0.25, 0.3) is 0 Å². The van der Waals surface area contributed by atoms with Crippen LogP contribution >= 0.6 is 15.9 Å². The van der Waals surface area contributed by atoms with Crippen LogP contribution < -0.4 is 4.72 Å². The highest BCUT2D eigenvalue weighted by molar-refractivity contribution is 9.10. The van der Waals surface area contributed by atoms with Crippen molar-refractivity contribution >= 4 is 26.0 Å². The number of halogens is 1. The van der Waals surface area contributed by atoms with E-state index in [1.54, 1.807) is 19.1 Å². The smallest absolute Gasteiger partial charge is 0.240 e. The molecular weight excluding hydrogens is 380 g/mol. The van der Waals surface area contributed by atoms with Crippen molar-refractivity contribution in [2.45, 2.75) is 31.8 Å². The molecule has 2 rings (SSSR count). The summed E-state index contributed by atoms with van der Waals surface area (Å²) in [6.45, 7) is 9.79. The Morgan fingerprint density at radius 3 is 2.87 bits per heavy atom. The highest BCUT2D eigenvalue weighted by atomic mass is 79.9. The highest BCUT2D eigenvalue weighted by Crippen LogP contribution is 2.20. The zero-order valence-electron chi connectivity index (χ0n) is 13.9. The number of hydrogen-bond acceptors (Lipinski definition) is 4. The van der Waals surface area contributed by atoms with Gasteiger partial charge in [-0.15, -0.1) is 0 Å². The number of ether oxygens (including phenoxy) is 1. The number of nitrogens with zero attached hydrogens (tertiary/aromatic N) is 1. The lowest BCUT2D eigenvalue weighted by atomic mass is 10.2. The Hall–Kier alpha value is -0.470. The van der Waals surface area contributed by atoms with Crippen LogP contribution in [-0.2, 0) is 14.8 Å². The second-order valence-corrected chi connectivity index (χ2v) is 9.06. The number of morpholine rings is 1. The molecule has 5 nitrogen and oxygen atoms in total. The maximum Gasteiger partial charge on any atom is 0.240 e. The molecule has 1 aliphatic rings. The van der Waals surface area contributed by atoms with Crippen LogP contribution in [0.5, 0.6) is 0 Å². The van der Waals surface area contributed by atoms with Crippen molar-refractivity contribution in [3.05, 3.63) is 28.2 Å². The molecule has 0 aliphatic carbocycles. The third-order valence-electron chi connectivity index (χ3n) is 3.79. The largest absolute Gasteiger partial charge is 0.374 e. The van der Waals surface area contributed by atoms with Gasteiger partial charge in [0.15, 0.2) is 0 Å². The summed E-state index contributed by atoms with van der Waals surface area (Å²) in [6, 6.07) is 5.26. The standard InChI is InChI=1S/C16H25BrN2O3S/c1-12(2)10-19-6-7-22-15(11-19)9-18-23(20,21)16-8-14(17)5-4-13(16)3/h4-5,8,12,15,18H,6-7,9-11H2,1-3H3. The Morgan fingerprint density at radius 2 is 2.17 bits per heavy atom. The van der Waals surface area contributed by atoms with Crippen molar-refractivity contribution in [2.24, 2.45) is 5.92 Å². The zero-order chi connectivity index (χ0) is 17.0. The van der Waals surface area contributed by atoms with Crippen molar-refractivity contribution in [2.75, 3.05) is 32.8 Å². The molecule has 1 N–H and O–H groups in total. The molecule has 1 saturated heterocycles. The predicted molar refractivity (Wildman–Crippen MR) is 95.1 cm³/mol. The molecule has 0 saturated carbocycles. The lowest BCUT2D eigenvalue weighted by Crippen LogP contribution is -2.48. The second-order valence-electron chi connectivity index (χ2n) is 6.41. The molecule has 1 aliphatic heterocycles. The van der Waals surface area contributed by atoms with Gasteiger partial charge in [0.05, 0.1) is 17.6 Å². The van der Waals surface area contributed by atoms with E-state index in [4.69, 9.17) is 4.74 Å². The fourth-order valence-corrected chi connectivity index (χ4v) is 4.58. The Morgan fingerprint density at radius 1 is 1.43 bits per heavy atom. The number of hydrogen-bond donors (Lipinski definition) is 1. The maximum atomic E-state index is 12.5. The number of sulfonamides is 1. The molecule has 1 aromatic carbocycles. The van der Waals surface area contributed by atoms with Gasteiger partial charge in [0.2, 0.25) is 10.0 Å². The van der Waals surface area contributed by atoms with Crippen molar-refractivity contribution in [3.8, 4) is 0 Å². The quantitative estimate of drug-likeness (QED) is 0.790.